The highest BCUT2D eigenvalue weighted by Crippen LogP contribution is 2.28. The maximum Gasteiger partial charge on any atom is 0.0464 e. The van der Waals surface area contributed by atoms with Gasteiger partial charge in [0, 0.05) is 25.9 Å². The van der Waals surface area contributed by atoms with Gasteiger partial charge in [0.05, 0.1) is 0 Å². The van der Waals surface area contributed by atoms with Crippen LogP contribution in [0.3, 0.4) is 0 Å². The SMILES string of the molecule is COCCC(C)Cc1cccc2c1NCCC2. The molecule has 0 amide bonds. The van der Waals surface area contributed by atoms with Gasteiger partial charge in [0.1, 0.15) is 0 Å². The van der Waals surface area contributed by atoms with Crippen LogP contribution in [0.1, 0.15) is 30.9 Å². The lowest BCUT2D eigenvalue weighted by molar-refractivity contribution is 0.180. The number of benzene rings is 1. The van der Waals surface area contributed by atoms with Gasteiger partial charge in [0.2, 0.25) is 0 Å². The Balaban J connectivity index is 2.05. The molecule has 0 radical (unpaired) electrons. The quantitative estimate of drug-likeness (QED) is 0.843. The molecule has 1 aromatic carbocycles. The van der Waals surface area contributed by atoms with Crippen molar-refractivity contribution in [1.29, 1.82) is 0 Å². The number of rotatable bonds is 5. The van der Waals surface area contributed by atoms with Gasteiger partial charge in [-0.2, -0.15) is 0 Å². The van der Waals surface area contributed by atoms with E-state index in [1.54, 1.807) is 7.11 Å². The number of hydrogen-bond acceptors (Lipinski definition) is 2. The summed E-state index contributed by atoms with van der Waals surface area (Å²) in [5.41, 5.74) is 4.38. The minimum absolute atomic E-state index is 0.685. The summed E-state index contributed by atoms with van der Waals surface area (Å²) in [5, 5.41) is 3.56. The average Bonchev–Trinajstić information content (AvgIpc) is 2.37. The maximum absolute atomic E-state index is 5.15. The fourth-order valence-electron chi connectivity index (χ4n) is 2.55. The van der Waals surface area contributed by atoms with Crippen LogP contribution >= 0.6 is 0 Å². The number of hydrogen-bond donors (Lipinski definition) is 1. The monoisotopic (exact) mass is 233 g/mol. The first-order chi connectivity index (χ1) is 8.31. The van der Waals surface area contributed by atoms with E-state index in [4.69, 9.17) is 4.74 Å². The number of anilines is 1. The third-order valence-corrected chi connectivity index (χ3v) is 3.54. The van der Waals surface area contributed by atoms with E-state index >= 15 is 0 Å². The minimum Gasteiger partial charge on any atom is -0.385 e. The Kier molecular flexibility index (Phi) is 4.43. The van der Waals surface area contributed by atoms with Gasteiger partial charge in [0.25, 0.3) is 0 Å². The first-order valence-corrected chi connectivity index (χ1v) is 6.65. The Morgan fingerprint density at radius 2 is 2.29 bits per heavy atom. The predicted molar refractivity (Wildman–Crippen MR) is 72.6 cm³/mol. The van der Waals surface area contributed by atoms with Crippen LogP contribution in [0.2, 0.25) is 0 Å². The van der Waals surface area contributed by atoms with E-state index in [2.05, 4.69) is 30.4 Å². The van der Waals surface area contributed by atoms with Crippen molar-refractivity contribution >= 4 is 5.69 Å². The molecule has 0 saturated carbocycles. The molecule has 17 heavy (non-hydrogen) atoms. The Bertz CT molecular complexity index is 362. The average molecular weight is 233 g/mol. The van der Waals surface area contributed by atoms with Crippen LogP contribution in [0, 0.1) is 5.92 Å². The Morgan fingerprint density at radius 1 is 1.41 bits per heavy atom. The van der Waals surface area contributed by atoms with Crippen molar-refractivity contribution in [3.63, 3.8) is 0 Å². The first kappa shape index (κ1) is 12.4. The van der Waals surface area contributed by atoms with Gasteiger partial charge in [-0.05, 0) is 42.7 Å². The smallest absolute Gasteiger partial charge is 0.0464 e. The molecule has 1 heterocycles. The number of methoxy groups -OCH3 is 1. The second-order valence-electron chi connectivity index (χ2n) is 5.07. The molecule has 1 N–H and O–H groups in total. The van der Waals surface area contributed by atoms with E-state index in [0.29, 0.717) is 5.92 Å². The summed E-state index contributed by atoms with van der Waals surface area (Å²) < 4.78 is 5.15. The molecule has 2 nitrogen and oxygen atoms in total. The van der Waals surface area contributed by atoms with Gasteiger partial charge >= 0.3 is 0 Å². The van der Waals surface area contributed by atoms with Crippen molar-refractivity contribution in [2.45, 2.75) is 32.6 Å². The number of nitrogens with one attached hydrogen (secondary N) is 1. The summed E-state index contributed by atoms with van der Waals surface area (Å²) >= 11 is 0. The Morgan fingerprint density at radius 3 is 3.12 bits per heavy atom. The van der Waals surface area contributed by atoms with Gasteiger partial charge in [0.15, 0.2) is 0 Å². The van der Waals surface area contributed by atoms with Crippen LogP contribution in [-0.4, -0.2) is 20.3 Å². The van der Waals surface area contributed by atoms with E-state index < -0.39 is 0 Å². The molecular formula is C15H23NO. The van der Waals surface area contributed by atoms with Crippen LogP contribution < -0.4 is 5.32 Å². The second-order valence-corrected chi connectivity index (χ2v) is 5.07. The van der Waals surface area contributed by atoms with Gasteiger partial charge in [-0.15, -0.1) is 0 Å². The zero-order valence-electron chi connectivity index (χ0n) is 11.0. The lowest BCUT2D eigenvalue weighted by atomic mass is 9.92. The Labute approximate surface area is 104 Å². The van der Waals surface area contributed by atoms with Crippen molar-refractivity contribution in [2.24, 2.45) is 5.92 Å². The molecule has 2 rings (SSSR count). The molecule has 94 valence electrons. The van der Waals surface area contributed by atoms with Crippen LogP contribution in [0.15, 0.2) is 18.2 Å². The van der Waals surface area contributed by atoms with Gasteiger partial charge < -0.3 is 10.1 Å². The fourth-order valence-corrected chi connectivity index (χ4v) is 2.55. The van der Waals surface area contributed by atoms with Crippen molar-refractivity contribution < 1.29 is 4.74 Å². The fraction of sp³-hybridized carbons (Fsp3) is 0.600. The van der Waals surface area contributed by atoms with Gasteiger partial charge in [-0.1, -0.05) is 25.1 Å². The summed E-state index contributed by atoms with van der Waals surface area (Å²) in [6.07, 6.45) is 4.78. The lowest BCUT2D eigenvalue weighted by Gasteiger charge is -2.22. The summed E-state index contributed by atoms with van der Waals surface area (Å²) in [6.45, 7) is 4.29. The van der Waals surface area contributed by atoms with Crippen molar-refractivity contribution in [3.05, 3.63) is 29.3 Å². The van der Waals surface area contributed by atoms with E-state index in [-0.39, 0.29) is 0 Å². The van der Waals surface area contributed by atoms with Crippen molar-refractivity contribution in [3.8, 4) is 0 Å². The molecule has 0 spiro atoms. The summed E-state index contributed by atoms with van der Waals surface area (Å²) in [4.78, 5) is 0. The number of fused-ring (bicyclic) bond motifs is 1. The number of para-hydroxylation sites is 1. The first-order valence-electron chi connectivity index (χ1n) is 6.65. The number of ether oxygens (including phenoxy) is 1. The highest BCUT2D eigenvalue weighted by molar-refractivity contribution is 5.59. The normalized spacial score (nSPS) is 16.1. The molecule has 1 unspecified atom stereocenters. The van der Waals surface area contributed by atoms with Crippen LogP contribution in [0.5, 0.6) is 0 Å². The molecule has 0 aromatic heterocycles. The van der Waals surface area contributed by atoms with E-state index in [9.17, 15) is 0 Å². The molecule has 0 aliphatic carbocycles. The van der Waals surface area contributed by atoms with Crippen LogP contribution in [0.4, 0.5) is 5.69 Å². The maximum atomic E-state index is 5.15. The highest BCUT2D eigenvalue weighted by atomic mass is 16.5. The molecule has 0 fully saturated rings. The molecule has 0 bridgehead atoms. The predicted octanol–water partition coefficient (Wildman–Crippen LogP) is 3.26. The van der Waals surface area contributed by atoms with Crippen molar-refractivity contribution in [1.82, 2.24) is 0 Å². The van der Waals surface area contributed by atoms with Gasteiger partial charge in [-0.3, -0.25) is 0 Å². The molecule has 1 atom stereocenters. The second kappa shape index (κ2) is 6.06. The minimum atomic E-state index is 0.685. The summed E-state index contributed by atoms with van der Waals surface area (Å²) in [7, 11) is 1.78. The largest absolute Gasteiger partial charge is 0.385 e. The van der Waals surface area contributed by atoms with Crippen LogP contribution in [-0.2, 0) is 17.6 Å². The summed E-state index contributed by atoms with van der Waals surface area (Å²) in [6, 6.07) is 6.72. The topological polar surface area (TPSA) is 21.3 Å². The molecule has 2 heteroatoms. The third-order valence-electron chi connectivity index (χ3n) is 3.54. The molecule has 1 aromatic rings. The van der Waals surface area contributed by atoms with Gasteiger partial charge in [-0.25, -0.2) is 0 Å². The standard InChI is InChI=1S/C15H23NO/c1-12(8-10-17-2)11-14-6-3-5-13-7-4-9-16-15(13)14/h3,5-6,12,16H,4,7-11H2,1-2H3. The molecular weight excluding hydrogens is 210 g/mol. The highest BCUT2D eigenvalue weighted by Gasteiger charge is 2.13. The molecule has 0 saturated heterocycles. The van der Waals surface area contributed by atoms with E-state index in [1.807, 2.05) is 0 Å². The van der Waals surface area contributed by atoms with E-state index in [0.717, 1.165) is 26.0 Å². The Hall–Kier alpha value is -1.02. The molecule has 1 aliphatic heterocycles. The zero-order chi connectivity index (χ0) is 12.1. The zero-order valence-corrected chi connectivity index (χ0v) is 11.0. The molecule has 1 aliphatic rings. The summed E-state index contributed by atoms with van der Waals surface area (Å²) in [5.74, 6) is 0.685. The number of aryl methyl sites for hydroxylation is 1. The van der Waals surface area contributed by atoms with E-state index in [1.165, 1.54) is 29.7 Å². The van der Waals surface area contributed by atoms with Crippen LogP contribution in [0.25, 0.3) is 0 Å². The lowest BCUT2D eigenvalue weighted by Crippen LogP contribution is -2.15. The third kappa shape index (κ3) is 3.22. The van der Waals surface area contributed by atoms with Crippen molar-refractivity contribution in [2.75, 3.05) is 25.6 Å².